The minimum atomic E-state index is 0.510. The van der Waals surface area contributed by atoms with Crippen molar-refractivity contribution in [1.82, 2.24) is 9.97 Å². The molecule has 62 valence electrons. The van der Waals surface area contributed by atoms with Gasteiger partial charge in [0, 0.05) is 5.69 Å². The number of nitrogens with one attached hydrogen (secondary N) is 1. The Morgan fingerprint density at radius 3 is 3.08 bits per heavy atom. The van der Waals surface area contributed by atoms with E-state index in [1.54, 1.807) is 7.11 Å². The van der Waals surface area contributed by atoms with Crippen LogP contribution in [-0.4, -0.2) is 17.1 Å². The van der Waals surface area contributed by atoms with Gasteiger partial charge in [-0.2, -0.15) is 4.98 Å². The molecule has 1 aromatic heterocycles. The van der Waals surface area contributed by atoms with E-state index in [0.29, 0.717) is 11.7 Å². The third-order valence-electron chi connectivity index (χ3n) is 1.68. The minimum Gasteiger partial charge on any atom is -0.468 e. The Kier molecular flexibility index (Phi) is 1.40. The first-order valence-corrected chi connectivity index (χ1v) is 3.59. The molecule has 0 aliphatic heterocycles. The van der Waals surface area contributed by atoms with Crippen LogP contribution in [0.5, 0.6) is 6.01 Å². The first kappa shape index (κ1) is 6.97. The monoisotopic (exact) mass is 163 g/mol. The summed E-state index contributed by atoms with van der Waals surface area (Å²) in [5.41, 5.74) is 8.06. The van der Waals surface area contributed by atoms with Gasteiger partial charge >= 0.3 is 0 Å². The van der Waals surface area contributed by atoms with Gasteiger partial charge in [0.15, 0.2) is 0 Å². The smallest absolute Gasteiger partial charge is 0.294 e. The van der Waals surface area contributed by atoms with E-state index in [1.165, 1.54) is 0 Å². The summed E-state index contributed by atoms with van der Waals surface area (Å²) in [6, 6.07) is 5.99. The summed E-state index contributed by atoms with van der Waals surface area (Å²) in [6.07, 6.45) is 0. The molecular weight excluding hydrogens is 154 g/mol. The van der Waals surface area contributed by atoms with Crippen molar-refractivity contribution >= 4 is 16.7 Å². The number of aromatic amines is 1. The Morgan fingerprint density at radius 1 is 1.50 bits per heavy atom. The number of H-pyrrole nitrogens is 1. The number of fused-ring (bicyclic) bond motifs is 1. The number of aromatic nitrogens is 2. The summed E-state index contributed by atoms with van der Waals surface area (Å²) in [7, 11) is 1.57. The lowest BCUT2D eigenvalue weighted by Gasteiger charge is -1.89. The Balaban J connectivity index is 2.67. The van der Waals surface area contributed by atoms with Crippen molar-refractivity contribution in [2.24, 2.45) is 0 Å². The number of rotatable bonds is 1. The molecule has 0 bridgehead atoms. The van der Waals surface area contributed by atoms with Crippen LogP contribution >= 0.6 is 0 Å². The third kappa shape index (κ3) is 0.972. The second-order valence-corrected chi connectivity index (χ2v) is 2.52. The number of imidazole rings is 1. The molecule has 2 aromatic rings. The zero-order valence-electron chi connectivity index (χ0n) is 6.66. The van der Waals surface area contributed by atoms with E-state index in [4.69, 9.17) is 10.5 Å². The fraction of sp³-hybridized carbons (Fsp3) is 0.125. The largest absolute Gasteiger partial charge is 0.468 e. The van der Waals surface area contributed by atoms with E-state index < -0.39 is 0 Å². The number of nitrogen functional groups attached to an aromatic ring is 1. The summed E-state index contributed by atoms with van der Waals surface area (Å²) < 4.78 is 4.93. The van der Waals surface area contributed by atoms with Crippen molar-refractivity contribution in [2.45, 2.75) is 0 Å². The second-order valence-electron chi connectivity index (χ2n) is 2.52. The molecule has 0 amide bonds. The summed E-state index contributed by atoms with van der Waals surface area (Å²) in [4.78, 5) is 7.11. The van der Waals surface area contributed by atoms with Gasteiger partial charge in [-0.1, -0.05) is 0 Å². The molecule has 1 heterocycles. The van der Waals surface area contributed by atoms with E-state index in [9.17, 15) is 0 Å². The molecular formula is C8H9N3O. The van der Waals surface area contributed by atoms with E-state index in [1.807, 2.05) is 18.2 Å². The topological polar surface area (TPSA) is 63.9 Å². The average molecular weight is 163 g/mol. The van der Waals surface area contributed by atoms with Crippen molar-refractivity contribution in [1.29, 1.82) is 0 Å². The van der Waals surface area contributed by atoms with Gasteiger partial charge in [0.25, 0.3) is 6.01 Å². The molecule has 12 heavy (non-hydrogen) atoms. The average Bonchev–Trinajstić information content (AvgIpc) is 2.46. The van der Waals surface area contributed by atoms with Gasteiger partial charge in [0.1, 0.15) is 0 Å². The molecule has 4 nitrogen and oxygen atoms in total. The van der Waals surface area contributed by atoms with Crippen LogP contribution in [0.2, 0.25) is 0 Å². The highest BCUT2D eigenvalue weighted by molar-refractivity contribution is 5.79. The van der Waals surface area contributed by atoms with Crippen LogP contribution in [0.1, 0.15) is 0 Å². The zero-order chi connectivity index (χ0) is 8.55. The first-order valence-electron chi connectivity index (χ1n) is 3.59. The van der Waals surface area contributed by atoms with E-state index >= 15 is 0 Å². The maximum absolute atomic E-state index is 5.59. The molecule has 0 saturated heterocycles. The number of nitrogens with two attached hydrogens (primary N) is 1. The lowest BCUT2D eigenvalue weighted by Crippen LogP contribution is -1.82. The molecule has 0 saturated carbocycles. The van der Waals surface area contributed by atoms with E-state index in [-0.39, 0.29) is 0 Å². The standard InChI is InChI=1S/C8H9N3O/c1-12-8-10-6-3-2-5(9)4-7(6)11-8/h2-4H,9H2,1H3,(H,10,11). The minimum absolute atomic E-state index is 0.510. The van der Waals surface area contributed by atoms with Crippen LogP contribution in [-0.2, 0) is 0 Å². The first-order chi connectivity index (χ1) is 5.79. The predicted octanol–water partition coefficient (Wildman–Crippen LogP) is 1.15. The molecule has 0 spiro atoms. The maximum Gasteiger partial charge on any atom is 0.294 e. The van der Waals surface area contributed by atoms with Crippen LogP contribution in [0.25, 0.3) is 11.0 Å². The van der Waals surface area contributed by atoms with Crippen LogP contribution in [0, 0.1) is 0 Å². The number of methoxy groups -OCH3 is 1. The van der Waals surface area contributed by atoms with Gasteiger partial charge in [-0.15, -0.1) is 0 Å². The SMILES string of the molecule is COc1nc2ccc(N)cc2[nH]1. The molecule has 2 rings (SSSR count). The molecule has 0 radical (unpaired) electrons. The second kappa shape index (κ2) is 2.41. The number of hydrogen-bond donors (Lipinski definition) is 2. The van der Waals surface area contributed by atoms with Crippen molar-refractivity contribution in [3.05, 3.63) is 18.2 Å². The fourth-order valence-corrected chi connectivity index (χ4v) is 1.10. The number of ether oxygens (including phenoxy) is 1. The van der Waals surface area contributed by atoms with E-state index in [0.717, 1.165) is 11.0 Å². The molecule has 0 fully saturated rings. The molecule has 4 heteroatoms. The molecule has 0 aliphatic carbocycles. The van der Waals surface area contributed by atoms with Gasteiger partial charge in [0.2, 0.25) is 0 Å². The molecule has 0 atom stereocenters. The van der Waals surface area contributed by atoms with Crippen molar-refractivity contribution in [2.75, 3.05) is 12.8 Å². The Bertz CT molecular complexity index is 408. The Hall–Kier alpha value is -1.71. The van der Waals surface area contributed by atoms with Crippen molar-refractivity contribution < 1.29 is 4.74 Å². The molecule has 3 N–H and O–H groups in total. The van der Waals surface area contributed by atoms with Gasteiger partial charge < -0.3 is 15.5 Å². The van der Waals surface area contributed by atoms with Crippen molar-refractivity contribution in [3.63, 3.8) is 0 Å². The van der Waals surface area contributed by atoms with Crippen LogP contribution < -0.4 is 10.5 Å². The third-order valence-corrected chi connectivity index (χ3v) is 1.68. The zero-order valence-corrected chi connectivity index (χ0v) is 6.66. The highest BCUT2D eigenvalue weighted by Crippen LogP contribution is 2.17. The Labute approximate surface area is 69.4 Å². The Morgan fingerprint density at radius 2 is 2.33 bits per heavy atom. The summed E-state index contributed by atoms with van der Waals surface area (Å²) >= 11 is 0. The predicted molar refractivity (Wildman–Crippen MR) is 47.1 cm³/mol. The quantitative estimate of drug-likeness (QED) is 0.620. The highest BCUT2D eigenvalue weighted by Gasteiger charge is 2.00. The van der Waals surface area contributed by atoms with Crippen LogP contribution in [0.15, 0.2) is 18.2 Å². The fourth-order valence-electron chi connectivity index (χ4n) is 1.10. The van der Waals surface area contributed by atoms with E-state index in [2.05, 4.69) is 9.97 Å². The number of hydrogen-bond acceptors (Lipinski definition) is 3. The van der Waals surface area contributed by atoms with Gasteiger partial charge in [0.05, 0.1) is 18.1 Å². The highest BCUT2D eigenvalue weighted by atomic mass is 16.5. The number of benzene rings is 1. The normalized spacial score (nSPS) is 10.4. The van der Waals surface area contributed by atoms with Crippen LogP contribution in [0.3, 0.4) is 0 Å². The lowest BCUT2D eigenvalue weighted by atomic mass is 10.3. The summed E-state index contributed by atoms with van der Waals surface area (Å²) in [5.74, 6) is 0. The molecule has 0 unspecified atom stereocenters. The van der Waals surface area contributed by atoms with Gasteiger partial charge in [-0.25, -0.2) is 0 Å². The van der Waals surface area contributed by atoms with Gasteiger partial charge in [-0.3, -0.25) is 0 Å². The van der Waals surface area contributed by atoms with Crippen LogP contribution in [0.4, 0.5) is 5.69 Å². The number of anilines is 1. The lowest BCUT2D eigenvalue weighted by molar-refractivity contribution is 0.386. The summed E-state index contributed by atoms with van der Waals surface area (Å²) in [5, 5.41) is 0. The van der Waals surface area contributed by atoms with Crippen molar-refractivity contribution in [3.8, 4) is 6.01 Å². The maximum atomic E-state index is 5.59. The molecule has 1 aromatic carbocycles. The number of nitrogens with zero attached hydrogens (tertiary/aromatic N) is 1. The summed E-state index contributed by atoms with van der Waals surface area (Å²) in [6.45, 7) is 0. The van der Waals surface area contributed by atoms with Gasteiger partial charge in [-0.05, 0) is 18.2 Å². The molecule has 0 aliphatic rings.